The Labute approximate surface area is 270 Å². The maximum atomic E-state index is 13.7. The number of carboxylic acids is 1. The molecule has 0 aliphatic carbocycles. The van der Waals surface area contributed by atoms with Crippen molar-refractivity contribution in [3.05, 3.63) is 53.6 Å². The third kappa shape index (κ3) is 7.16. The number of thioether (sulfide) groups is 1. The van der Waals surface area contributed by atoms with Crippen LogP contribution in [0.5, 0.6) is 17.2 Å². The van der Waals surface area contributed by atoms with Crippen LogP contribution in [0.2, 0.25) is 0 Å². The van der Waals surface area contributed by atoms with Gasteiger partial charge in [-0.3, -0.25) is 14.4 Å². The van der Waals surface area contributed by atoms with Gasteiger partial charge < -0.3 is 49.1 Å². The minimum Gasteiger partial charge on any atom is -0.480 e. The van der Waals surface area contributed by atoms with Crippen molar-refractivity contribution in [3.8, 4) is 17.2 Å². The molecule has 18 heteroatoms. The molecule has 2 fully saturated rings. The summed E-state index contributed by atoms with van der Waals surface area (Å²) in [7, 11) is 2.94. The highest BCUT2D eigenvalue weighted by Gasteiger charge is 2.64. The second-order valence-electron chi connectivity index (χ2n) is 10.4. The molecule has 2 heterocycles. The molecule has 2 aliphatic heterocycles. The highest BCUT2D eigenvalue weighted by atomic mass is 32.2. The van der Waals surface area contributed by atoms with Crippen LogP contribution >= 0.6 is 11.8 Å². The fourth-order valence-corrected chi connectivity index (χ4v) is 6.52. The van der Waals surface area contributed by atoms with E-state index in [0.717, 1.165) is 33.5 Å². The van der Waals surface area contributed by atoms with Crippen LogP contribution in [0.3, 0.4) is 0 Å². The molecule has 2 aromatic rings. The Balaban J connectivity index is 1.67. The SMILES string of the molecule is COC(=O)Oc1cc(C(=O)NC(C(=O)N[C@@H]2C(=O)N3[C@@H]2SC(C)(C)[C@@H]3C(=O)O)c2ccccc2)cc(OC(=O)OC)c1OC(=O)OC. The van der Waals surface area contributed by atoms with Crippen molar-refractivity contribution < 1.29 is 67.1 Å². The number of hydrogen-bond donors (Lipinski definition) is 3. The Bertz CT molecular complexity index is 1580. The lowest BCUT2D eigenvalue weighted by Crippen LogP contribution is -2.71. The summed E-state index contributed by atoms with van der Waals surface area (Å²) >= 11 is 1.22. The number of benzene rings is 2. The topological polar surface area (TPSA) is 222 Å². The number of methoxy groups -OCH3 is 3. The third-order valence-corrected chi connectivity index (χ3v) is 8.57. The zero-order chi connectivity index (χ0) is 34.6. The molecule has 0 bridgehead atoms. The number of β-lactam (4-membered cyclic amide) rings is 1. The number of nitrogens with one attached hydrogen (secondary N) is 2. The van der Waals surface area contributed by atoms with Crippen molar-refractivity contribution in [2.45, 2.75) is 42.1 Å². The van der Waals surface area contributed by atoms with Gasteiger partial charge in [0, 0.05) is 10.3 Å². The summed E-state index contributed by atoms with van der Waals surface area (Å²) in [6.45, 7) is 3.37. The smallest absolute Gasteiger partial charge is 0.480 e. The number of nitrogens with zero attached hydrogens (tertiary/aromatic N) is 1. The van der Waals surface area contributed by atoms with Crippen LogP contribution in [-0.2, 0) is 28.6 Å². The Morgan fingerprint density at radius 1 is 0.872 bits per heavy atom. The van der Waals surface area contributed by atoms with Crippen molar-refractivity contribution in [2.24, 2.45) is 0 Å². The van der Waals surface area contributed by atoms with E-state index in [0.29, 0.717) is 5.56 Å². The lowest BCUT2D eigenvalue weighted by Gasteiger charge is -2.44. The lowest BCUT2D eigenvalue weighted by molar-refractivity contribution is -0.161. The first-order valence-corrected chi connectivity index (χ1v) is 14.4. The molecular formula is C29H29N3O14S. The lowest BCUT2D eigenvalue weighted by atomic mass is 9.95. The van der Waals surface area contributed by atoms with E-state index in [9.17, 15) is 38.7 Å². The molecule has 3 N–H and O–H groups in total. The van der Waals surface area contributed by atoms with Gasteiger partial charge in [0.25, 0.3) is 5.91 Å². The Hall–Kier alpha value is -5.52. The summed E-state index contributed by atoms with van der Waals surface area (Å²) in [5.74, 6) is -5.46. The number of aliphatic carboxylic acids is 1. The summed E-state index contributed by atoms with van der Waals surface area (Å²) in [4.78, 5) is 89.3. The van der Waals surface area contributed by atoms with Gasteiger partial charge >= 0.3 is 24.4 Å². The normalized spacial score (nSPS) is 19.6. The van der Waals surface area contributed by atoms with Crippen molar-refractivity contribution in [3.63, 3.8) is 0 Å². The van der Waals surface area contributed by atoms with Gasteiger partial charge in [0.15, 0.2) is 11.5 Å². The molecule has 47 heavy (non-hydrogen) atoms. The molecule has 2 aromatic carbocycles. The molecule has 2 saturated heterocycles. The number of hydrogen-bond acceptors (Lipinski definition) is 14. The van der Waals surface area contributed by atoms with Gasteiger partial charge in [-0.05, 0) is 31.5 Å². The Morgan fingerprint density at radius 2 is 1.40 bits per heavy atom. The van der Waals surface area contributed by atoms with E-state index < -0.39 is 87.7 Å². The summed E-state index contributed by atoms with van der Waals surface area (Å²) in [5, 5.41) is 14.2. The van der Waals surface area contributed by atoms with Gasteiger partial charge in [-0.2, -0.15) is 0 Å². The van der Waals surface area contributed by atoms with E-state index in [4.69, 9.17) is 14.2 Å². The number of carbonyl (C=O) groups is 7. The van der Waals surface area contributed by atoms with Gasteiger partial charge in [0.2, 0.25) is 17.6 Å². The summed E-state index contributed by atoms with van der Waals surface area (Å²) in [6.07, 6.45) is -3.92. The summed E-state index contributed by atoms with van der Waals surface area (Å²) < 4.78 is 27.6. The first-order valence-electron chi connectivity index (χ1n) is 13.6. The molecular weight excluding hydrogens is 646 g/mol. The summed E-state index contributed by atoms with van der Waals surface area (Å²) in [6, 6.07) is 6.24. The first kappa shape index (κ1) is 34.4. The number of amides is 3. The van der Waals surface area contributed by atoms with Gasteiger partial charge in [-0.15, -0.1) is 11.8 Å². The number of rotatable bonds is 9. The van der Waals surface area contributed by atoms with Crippen LogP contribution in [0, 0.1) is 0 Å². The van der Waals surface area contributed by atoms with E-state index in [1.54, 1.807) is 32.0 Å². The van der Waals surface area contributed by atoms with Crippen LogP contribution in [0.1, 0.15) is 35.8 Å². The third-order valence-electron chi connectivity index (χ3n) is 7.00. The summed E-state index contributed by atoms with van der Waals surface area (Å²) in [5.41, 5.74) is -0.0652. The largest absolute Gasteiger partial charge is 0.513 e. The van der Waals surface area contributed by atoms with Crippen molar-refractivity contribution in [1.82, 2.24) is 15.5 Å². The fourth-order valence-electron chi connectivity index (χ4n) is 4.89. The maximum absolute atomic E-state index is 13.7. The van der Waals surface area contributed by atoms with Crippen molar-refractivity contribution in [2.75, 3.05) is 21.3 Å². The zero-order valence-corrected chi connectivity index (χ0v) is 26.3. The predicted octanol–water partition coefficient (Wildman–Crippen LogP) is 2.23. The van der Waals surface area contributed by atoms with Crippen molar-refractivity contribution >= 4 is 53.9 Å². The van der Waals surface area contributed by atoms with E-state index in [2.05, 4.69) is 24.8 Å². The van der Waals surface area contributed by atoms with Crippen molar-refractivity contribution in [1.29, 1.82) is 0 Å². The van der Waals surface area contributed by atoms with Gasteiger partial charge in [-0.1, -0.05) is 30.3 Å². The average Bonchev–Trinajstić information content (AvgIpc) is 3.30. The van der Waals surface area contributed by atoms with E-state index in [1.807, 2.05) is 0 Å². The molecule has 3 amide bonds. The highest BCUT2D eigenvalue weighted by molar-refractivity contribution is 8.01. The molecule has 0 spiro atoms. The maximum Gasteiger partial charge on any atom is 0.513 e. The second kappa shape index (κ2) is 13.9. The van der Waals surface area contributed by atoms with Gasteiger partial charge in [0.05, 0.1) is 21.3 Å². The number of ether oxygens (including phenoxy) is 6. The molecule has 1 unspecified atom stereocenters. The minimum atomic E-state index is -1.42. The van der Waals surface area contributed by atoms with E-state index >= 15 is 0 Å². The molecule has 250 valence electrons. The second-order valence-corrected chi connectivity index (χ2v) is 12.1. The fraction of sp³-hybridized carbons (Fsp3) is 0.345. The van der Waals surface area contributed by atoms with E-state index in [1.165, 1.54) is 28.8 Å². The molecule has 0 saturated carbocycles. The monoisotopic (exact) mass is 675 g/mol. The predicted molar refractivity (Wildman–Crippen MR) is 158 cm³/mol. The van der Waals surface area contributed by atoms with Crippen LogP contribution in [0.15, 0.2) is 42.5 Å². The molecule has 4 rings (SSSR count). The minimum absolute atomic E-state index is 0.299. The van der Waals surface area contributed by atoms with Crippen LogP contribution in [0.4, 0.5) is 14.4 Å². The molecule has 0 aromatic heterocycles. The molecule has 0 radical (unpaired) electrons. The average molecular weight is 676 g/mol. The number of fused-ring (bicyclic) bond motifs is 1. The molecule has 4 atom stereocenters. The number of carbonyl (C=O) groups excluding carboxylic acids is 6. The standard InChI is InChI=1S/C29H29N3O14S/c1-29(2)20(25(36)37)32-23(35)18(24(32)47-29)31-22(34)17(13-9-7-6-8-10-13)30-21(33)14-11-15(44-26(38)41-3)19(46-28(40)43-5)16(12-14)45-27(39)42-4/h6-12,17-18,20,24H,1-5H3,(H,30,33)(H,31,34)(H,36,37)/t17?,18-,20+,24-/m1/s1. The Kier molecular flexibility index (Phi) is 10.1. The number of carboxylic acid groups (broad SMARTS) is 1. The van der Waals surface area contributed by atoms with Gasteiger partial charge in [0.1, 0.15) is 23.5 Å². The van der Waals surface area contributed by atoms with Crippen LogP contribution in [0.25, 0.3) is 0 Å². The van der Waals surface area contributed by atoms with Crippen LogP contribution in [-0.4, -0.2) is 95.7 Å². The molecule has 2 aliphatic rings. The quantitative estimate of drug-likeness (QED) is 0.150. The zero-order valence-electron chi connectivity index (χ0n) is 25.5. The van der Waals surface area contributed by atoms with Gasteiger partial charge in [-0.25, -0.2) is 19.2 Å². The van der Waals surface area contributed by atoms with E-state index in [-0.39, 0.29) is 5.56 Å². The molecule has 17 nitrogen and oxygen atoms in total. The highest BCUT2D eigenvalue weighted by Crippen LogP contribution is 2.51. The first-order chi connectivity index (χ1) is 22.2. The van der Waals surface area contributed by atoms with Crippen LogP contribution < -0.4 is 24.8 Å². The Morgan fingerprint density at radius 3 is 1.91 bits per heavy atom.